The average Bonchev–Trinajstić information content (AvgIpc) is 2.70. The first kappa shape index (κ1) is 18.6. The van der Waals surface area contributed by atoms with Crippen molar-refractivity contribution < 1.29 is 23.7 Å². The molecule has 2 amide bonds. The summed E-state index contributed by atoms with van der Waals surface area (Å²) in [4.78, 5) is 34.0. The summed E-state index contributed by atoms with van der Waals surface area (Å²) in [6.45, 7) is 0. The molecule has 0 fully saturated rings. The molecule has 0 aliphatic carbocycles. The minimum atomic E-state index is -0.795. The van der Waals surface area contributed by atoms with Gasteiger partial charge in [0.2, 0.25) is 5.55 Å². The minimum absolute atomic E-state index is 0.0373. The fraction of sp³-hybridized carbons (Fsp3) is 0.0556. The van der Waals surface area contributed by atoms with Crippen molar-refractivity contribution in [1.82, 2.24) is 5.43 Å². The standard InChI is InChI=1S/C18H14N4O6/c1-27-13-6-7-15-11(8-13)9-14(16(19)23)18(28-15)21-20-17(24)10-2-4-12(5-3-10)22(25)26/h2-9H,1H3,(H2,19,23)(H,20,24)/b21-18-. The number of nitrogens with one attached hydrogen (secondary N) is 1. The van der Waals surface area contributed by atoms with Gasteiger partial charge in [-0.1, -0.05) is 0 Å². The summed E-state index contributed by atoms with van der Waals surface area (Å²) in [5.41, 5.74) is 7.78. The van der Waals surface area contributed by atoms with Crippen molar-refractivity contribution in [3.8, 4) is 5.75 Å². The van der Waals surface area contributed by atoms with Gasteiger partial charge in [-0.2, -0.15) is 0 Å². The number of amides is 2. The predicted molar refractivity (Wildman–Crippen MR) is 97.4 cm³/mol. The number of carbonyl (C=O) groups excluding carboxylic acids is 2. The molecule has 0 aliphatic heterocycles. The molecule has 10 heteroatoms. The normalized spacial score (nSPS) is 11.2. The van der Waals surface area contributed by atoms with Gasteiger partial charge in [0.05, 0.1) is 12.0 Å². The third kappa shape index (κ3) is 3.80. The van der Waals surface area contributed by atoms with Gasteiger partial charge in [0.1, 0.15) is 16.9 Å². The zero-order valence-corrected chi connectivity index (χ0v) is 14.5. The van der Waals surface area contributed by atoms with Gasteiger partial charge in [0.25, 0.3) is 17.5 Å². The van der Waals surface area contributed by atoms with Gasteiger partial charge in [-0.3, -0.25) is 19.7 Å². The molecule has 2 aromatic carbocycles. The molecular formula is C18H14N4O6. The lowest BCUT2D eigenvalue weighted by Crippen LogP contribution is -2.27. The second-order valence-electron chi connectivity index (χ2n) is 5.59. The quantitative estimate of drug-likeness (QED) is 0.506. The van der Waals surface area contributed by atoms with Crippen LogP contribution in [-0.4, -0.2) is 23.8 Å². The van der Waals surface area contributed by atoms with Crippen LogP contribution in [0.3, 0.4) is 0 Å². The van der Waals surface area contributed by atoms with E-state index in [2.05, 4.69) is 10.5 Å². The van der Waals surface area contributed by atoms with E-state index in [0.717, 1.165) is 0 Å². The molecule has 28 heavy (non-hydrogen) atoms. The van der Waals surface area contributed by atoms with Crippen molar-refractivity contribution in [3.05, 3.63) is 75.3 Å². The maximum Gasteiger partial charge on any atom is 0.271 e. The number of hydrogen-bond acceptors (Lipinski definition) is 7. The molecule has 3 N–H and O–H groups in total. The van der Waals surface area contributed by atoms with E-state index in [-0.39, 0.29) is 22.4 Å². The highest BCUT2D eigenvalue weighted by atomic mass is 16.6. The van der Waals surface area contributed by atoms with Crippen LogP contribution in [0.4, 0.5) is 5.69 Å². The third-order valence-corrected chi connectivity index (χ3v) is 3.82. The Kier molecular flexibility index (Phi) is 5.03. The van der Waals surface area contributed by atoms with Crippen molar-refractivity contribution in [2.24, 2.45) is 10.8 Å². The Balaban J connectivity index is 1.95. The van der Waals surface area contributed by atoms with Gasteiger partial charge in [0.15, 0.2) is 0 Å². The van der Waals surface area contributed by atoms with Crippen LogP contribution < -0.4 is 21.5 Å². The van der Waals surface area contributed by atoms with E-state index in [1.54, 1.807) is 18.2 Å². The fourth-order valence-electron chi connectivity index (χ4n) is 2.40. The number of nitrogens with zero attached hydrogens (tertiary/aromatic N) is 2. The van der Waals surface area contributed by atoms with E-state index in [1.165, 1.54) is 37.4 Å². The summed E-state index contributed by atoms with van der Waals surface area (Å²) in [6, 6.07) is 11.4. The second kappa shape index (κ2) is 7.58. The molecule has 0 bridgehead atoms. The Morgan fingerprint density at radius 1 is 1.18 bits per heavy atom. The topological polar surface area (TPSA) is 150 Å². The Morgan fingerprint density at radius 3 is 2.50 bits per heavy atom. The zero-order valence-electron chi connectivity index (χ0n) is 14.5. The van der Waals surface area contributed by atoms with Gasteiger partial charge in [0, 0.05) is 23.1 Å². The highest BCUT2D eigenvalue weighted by Crippen LogP contribution is 2.20. The first-order chi connectivity index (χ1) is 13.4. The van der Waals surface area contributed by atoms with E-state index in [9.17, 15) is 19.7 Å². The first-order valence-electron chi connectivity index (χ1n) is 7.89. The summed E-state index contributed by atoms with van der Waals surface area (Å²) in [7, 11) is 1.50. The number of nitro groups is 1. The third-order valence-electron chi connectivity index (χ3n) is 3.82. The molecule has 142 valence electrons. The average molecular weight is 382 g/mol. The Morgan fingerprint density at radius 2 is 1.89 bits per heavy atom. The Labute approximate surface area is 157 Å². The fourth-order valence-corrected chi connectivity index (χ4v) is 2.40. The maximum atomic E-state index is 12.2. The van der Waals surface area contributed by atoms with Gasteiger partial charge in [-0.25, -0.2) is 5.43 Å². The number of methoxy groups -OCH3 is 1. The van der Waals surface area contributed by atoms with Crippen LogP contribution in [0.25, 0.3) is 11.0 Å². The maximum absolute atomic E-state index is 12.2. The highest BCUT2D eigenvalue weighted by molar-refractivity contribution is 5.96. The molecule has 1 aromatic heterocycles. The molecule has 3 aromatic rings. The van der Waals surface area contributed by atoms with Crippen molar-refractivity contribution in [3.63, 3.8) is 0 Å². The van der Waals surface area contributed by atoms with Crippen molar-refractivity contribution in [1.29, 1.82) is 0 Å². The number of fused-ring (bicyclic) bond motifs is 1. The second-order valence-corrected chi connectivity index (χ2v) is 5.59. The molecular weight excluding hydrogens is 368 g/mol. The number of primary amides is 1. The summed E-state index contributed by atoms with van der Waals surface area (Å²) in [6.07, 6.45) is 0. The number of non-ortho nitro benzene ring substituents is 1. The molecule has 0 spiro atoms. The number of ether oxygens (including phenoxy) is 1. The van der Waals surface area contributed by atoms with Crippen LogP contribution in [0.5, 0.6) is 5.75 Å². The lowest BCUT2D eigenvalue weighted by Gasteiger charge is -2.05. The SMILES string of the molecule is COc1ccc2o/c(=N\NC(=O)c3ccc([N+](=O)[O-])cc3)c(C(N)=O)cc2c1. The van der Waals surface area contributed by atoms with Crippen molar-refractivity contribution in [2.75, 3.05) is 7.11 Å². The molecule has 0 aliphatic rings. The van der Waals surface area contributed by atoms with Gasteiger partial charge >= 0.3 is 0 Å². The first-order valence-corrected chi connectivity index (χ1v) is 7.89. The van der Waals surface area contributed by atoms with E-state index < -0.39 is 16.7 Å². The van der Waals surface area contributed by atoms with Crippen LogP contribution in [0.15, 0.2) is 58.0 Å². The van der Waals surface area contributed by atoms with E-state index in [0.29, 0.717) is 16.7 Å². The van der Waals surface area contributed by atoms with Crippen LogP contribution in [-0.2, 0) is 0 Å². The van der Waals surface area contributed by atoms with E-state index >= 15 is 0 Å². The lowest BCUT2D eigenvalue weighted by atomic mass is 10.1. The van der Waals surface area contributed by atoms with Crippen molar-refractivity contribution in [2.45, 2.75) is 0 Å². The van der Waals surface area contributed by atoms with Gasteiger partial charge in [-0.05, 0) is 36.4 Å². The highest BCUT2D eigenvalue weighted by Gasteiger charge is 2.12. The van der Waals surface area contributed by atoms with Crippen LogP contribution in [0.1, 0.15) is 20.7 Å². The Bertz CT molecular complexity index is 1150. The molecule has 0 saturated carbocycles. The number of nitro benzene ring substituents is 1. The van der Waals surface area contributed by atoms with Gasteiger partial charge in [-0.15, -0.1) is 5.10 Å². The summed E-state index contributed by atoms with van der Waals surface area (Å²) in [5.74, 6) is -0.874. The molecule has 3 rings (SSSR count). The van der Waals surface area contributed by atoms with E-state index in [4.69, 9.17) is 14.9 Å². The number of hydrogen-bond donors (Lipinski definition) is 2. The molecule has 10 nitrogen and oxygen atoms in total. The monoisotopic (exact) mass is 382 g/mol. The predicted octanol–water partition coefficient (Wildman–Crippen LogP) is 1.69. The van der Waals surface area contributed by atoms with Crippen LogP contribution >= 0.6 is 0 Å². The minimum Gasteiger partial charge on any atom is -0.497 e. The molecule has 0 unspecified atom stereocenters. The lowest BCUT2D eigenvalue weighted by molar-refractivity contribution is -0.384. The van der Waals surface area contributed by atoms with Gasteiger partial charge < -0.3 is 14.9 Å². The van der Waals surface area contributed by atoms with Crippen molar-refractivity contribution >= 4 is 28.5 Å². The molecule has 0 atom stereocenters. The van der Waals surface area contributed by atoms with E-state index in [1.807, 2.05) is 0 Å². The number of benzene rings is 2. The number of nitrogens with two attached hydrogens (primary N) is 1. The summed E-state index contributed by atoms with van der Waals surface area (Å²) < 4.78 is 10.7. The number of carbonyl (C=O) groups is 2. The summed E-state index contributed by atoms with van der Waals surface area (Å²) >= 11 is 0. The summed E-state index contributed by atoms with van der Waals surface area (Å²) in [5, 5.41) is 15.0. The van der Waals surface area contributed by atoms with Crippen LogP contribution in [0, 0.1) is 10.1 Å². The zero-order chi connectivity index (χ0) is 20.3. The largest absolute Gasteiger partial charge is 0.497 e. The smallest absolute Gasteiger partial charge is 0.271 e. The Hall–Kier alpha value is -4.21. The molecule has 1 heterocycles. The molecule has 0 radical (unpaired) electrons. The van der Waals surface area contributed by atoms with Crippen LogP contribution in [0.2, 0.25) is 0 Å². The molecule has 0 saturated heterocycles. The number of rotatable bonds is 5.